The van der Waals surface area contributed by atoms with Gasteiger partial charge in [-0.3, -0.25) is 10.1 Å². The van der Waals surface area contributed by atoms with Crippen LogP contribution in [0.1, 0.15) is 13.8 Å². The van der Waals surface area contributed by atoms with Gasteiger partial charge < -0.3 is 24.5 Å². The second-order valence-corrected chi connectivity index (χ2v) is 8.56. The molecule has 0 saturated carbocycles. The number of nitrogens with two attached hydrogens (primary N) is 1. The van der Waals surface area contributed by atoms with E-state index in [0.717, 1.165) is 30.9 Å². The minimum Gasteiger partial charge on any atom is -0.399 e. The number of fused-ring (bicyclic) bond motifs is 2. The van der Waals surface area contributed by atoms with Crippen LogP contribution in [-0.4, -0.2) is 27.3 Å². The number of nitro benzene ring substituents is 1. The number of anilines is 1. The summed E-state index contributed by atoms with van der Waals surface area (Å²) in [6.07, 6.45) is 0. The van der Waals surface area contributed by atoms with Gasteiger partial charge in [-0.1, -0.05) is 33.0 Å². The van der Waals surface area contributed by atoms with E-state index in [1.165, 1.54) is 17.4 Å². The summed E-state index contributed by atoms with van der Waals surface area (Å²) in [5, 5.41) is 18.6. The summed E-state index contributed by atoms with van der Waals surface area (Å²) in [7, 11) is 3.81. The first-order chi connectivity index (χ1) is 15.3. The standard InChI is InChI=1S/C10H11N3O3S.C10H13N3OS/c1-3-16-11-10-12(2)8-5-4-7(13(14)15)6-9(8)17-10;1-3-14-12-10-13(2)8-5-4-7(11)6-9(8)15-10/h4-6H,3H2,1-2H3;4-6H,3,11H2,1-2H3. The zero-order valence-electron chi connectivity index (χ0n) is 18.1. The zero-order valence-corrected chi connectivity index (χ0v) is 19.8. The molecule has 2 aromatic heterocycles. The van der Waals surface area contributed by atoms with Crippen LogP contribution in [0.5, 0.6) is 0 Å². The fourth-order valence-electron chi connectivity index (χ4n) is 2.80. The third-order valence-electron chi connectivity index (χ3n) is 4.38. The van der Waals surface area contributed by atoms with Crippen LogP contribution < -0.4 is 15.3 Å². The van der Waals surface area contributed by atoms with E-state index in [-0.39, 0.29) is 5.69 Å². The van der Waals surface area contributed by atoms with Crippen molar-refractivity contribution >= 4 is 54.5 Å². The molecule has 4 aromatic rings. The Hall–Kier alpha value is -3.38. The Labute approximate surface area is 191 Å². The number of thiazole rings is 2. The third kappa shape index (κ3) is 5.08. The average Bonchev–Trinajstić information content (AvgIpc) is 3.26. The number of rotatable bonds is 5. The van der Waals surface area contributed by atoms with Gasteiger partial charge >= 0.3 is 0 Å². The minimum atomic E-state index is -0.404. The van der Waals surface area contributed by atoms with Crippen LogP contribution in [0.3, 0.4) is 0 Å². The summed E-state index contributed by atoms with van der Waals surface area (Å²) in [6.45, 7) is 4.83. The maximum absolute atomic E-state index is 10.7. The molecule has 0 amide bonds. The Bertz CT molecular complexity index is 1380. The van der Waals surface area contributed by atoms with Gasteiger partial charge in [-0.15, -0.1) is 0 Å². The van der Waals surface area contributed by atoms with E-state index < -0.39 is 4.92 Å². The number of nitro groups is 1. The molecule has 0 aliphatic heterocycles. The number of hydrogen-bond donors (Lipinski definition) is 1. The van der Waals surface area contributed by atoms with Crippen molar-refractivity contribution in [3.8, 4) is 0 Å². The number of benzene rings is 2. The van der Waals surface area contributed by atoms with Crippen LogP contribution in [0, 0.1) is 10.1 Å². The van der Waals surface area contributed by atoms with Crippen LogP contribution in [0.4, 0.5) is 11.4 Å². The van der Waals surface area contributed by atoms with Gasteiger partial charge in [0.2, 0.25) is 9.60 Å². The highest BCUT2D eigenvalue weighted by Gasteiger charge is 2.10. The summed E-state index contributed by atoms with van der Waals surface area (Å²) in [4.78, 5) is 21.8. The van der Waals surface area contributed by atoms with Gasteiger partial charge in [-0.2, -0.15) is 0 Å². The van der Waals surface area contributed by atoms with Crippen LogP contribution in [0.15, 0.2) is 46.7 Å². The second kappa shape index (κ2) is 10.3. The van der Waals surface area contributed by atoms with Gasteiger partial charge in [0, 0.05) is 31.9 Å². The molecule has 0 atom stereocenters. The van der Waals surface area contributed by atoms with Crippen molar-refractivity contribution in [3.63, 3.8) is 0 Å². The Balaban J connectivity index is 0.000000182. The van der Waals surface area contributed by atoms with E-state index >= 15 is 0 Å². The van der Waals surface area contributed by atoms with E-state index in [9.17, 15) is 10.1 Å². The number of nitrogens with zero attached hydrogens (tertiary/aromatic N) is 5. The van der Waals surface area contributed by atoms with Gasteiger partial charge in [0.05, 0.1) is 25.4 Å². The molecule has 2 aromatic carbocycles. The minimum absolute atomic E-state index is 0.0855. The lowest BCUT2D eigenvalue weighted by atomic mass is 10.3. The molecule has 2 N–H and O–H groups in total. The smallest absolute Gasteiger partial charge is 0.270 e. The maximum atomic E-state index is 10.7. The molecule has 0 fully saturated rings. The van der Waals surface area contributed by atoms with Crippen molar-refractivity contribution in [1.82, 2.24) is 9.13 Å². The normalized spacial score (nSPS) is 12.1. The lowest BCUT2D eigenvalue weighted by Gasteiger charge is -1.95. The predicted molar refractivity (Wildman–Crippen MR) is 127 cm³/mol. The SMILES string of the molecule is CCON=c1sc2cc(N)ccc2n1C.CCON=c1sc2cc([N+](=O)[O-])ccc2n1C. The lowest BCUT2D eigenvalue weighted by Crippen LogP contribution is -2.10. The molecule has 10 nitrogen and oxygen atoms in total. The van der Waals surface area contributed by atoms with Crippen LogP contribution in [-0.2, 0) is 23.8 Å². The van der Waals surface area contributed by atoms with Crippen molar-refractivity contribution in [2.45, 2.75) is 13.8 Å². The highest BCUT2D eigenvalue weighted by atomic mass is 32.1. The Morgan fingerprint density at radius 1 is 0.938 bits per heavy atom. The summed E-state index contributed by atoms with van der Waals surface area (Å²) in [6, 6.07) is 10.6. The molecular formula is C20H24N6O4S2. The molecule has 0 aliphatic carbocycles. The van der Waals surface area contributed by atoms with Crippen LogP contribution >= 0.6 is 22.7 Å². The van der Waals surface area contributed by atoms with Gasteiger partial charge in [-0.25, -0.2) is 0 Å². The Kier molecular flexibility index (Phi) is 7.49. The van der Waals surface area contributed by atoms with Crippen molar-refractivity contribution < 1.29 is 14.6 Å². The molecule has 32 heavy (non-hydrogen) atoms. The van der Waals surface area contributed by atoms with Crippen LogP contribution in [0.25, 0.3) is 20.4 Å². The number of aromatic nitrogens is 2. The number of nitrogen functional groups attached to an aromatic ring is 1. The topological polar surface area (TPSA) is 122 Å². The fraction of sp³-hybridized carbons (Fsp3) is 0.300. The molecule has 0 spiro atoms. The van der Waals surface area contributed by atoms with Crippen molar-refractivity contribution in [1.29, 1.82) is 0 Å². The lowest BCUT2D eigenvalue weighted by molar-refractivity contribution is -0.384. The molecular weight excluding hydrogens is 452 g/mol. The largest absolute Gasteiger partial charge is 0.399 e. The van der Waals surface area contributed by atoms with Crippen molar-refractivity contribution in [2.75, 3.05) is 18.9 Å². The molecule has 0 radical (unpaired) electrons. The summed E-state index contributed by atoms with van der Waals surface area (Å²) in [5.74, 6) is 0. The second-order valence-electron chi connectivity index (χ2n) is 6.54. The van der Waals surface area contributed by atoms with E-state index in [4.69, 9.17) is 15.4 Å². The molecule has 170 valence electrons. The van der Waals surface area contributed by atoms with E-state index in [1.807, 2.05) is 55.3 Å². The summed E-state index contributed by atoms with van der Waals surface area (Å²) >= 11 is 2.93. The monoisotopic (exact) mass is 476 g/mol. The van der Waals surface area contributed by atoms with Gasteiger partial charge in [0.25, 0.3) is 5.69 Å². The maximum Gasteiger partial charge on any atom is 0.270 e. The quantitative estimate of drug-likeness (QED) is 0.267. The Morgan fingerprint density at radius 3 is 1.94 bits per heavy atom. The van der Waals surface area contributed by atoms with Crippen LogP contribution in [0.2, 0.25) is 0 Å². The summed E-state index contributed by atoms with van der Waals surface area (Å²) < 4.78 is 5.78. The van der Waals surface area contributed by atoms with Gasteiger partial charge in [0.15, 0.2) is 0 Å². The molecule has 12 heteroatoms. The zero-order chi connectivity index (χ0) is 23.3. The number of aryl methyl sites for hydroxylation is 2. The van der Waals surface area contributed by atoms with E-state index in [2.05, 4.69) is 10.3 Å². The molecule has 0 unspecified atom stereocenters. The first-order valence-corrected chi connectivity index (χ1v) is 11.4. The third-order valence-corrected chi connectivity index (χ3v) is 6.54. The first-order valence-electron chi connectivity index (χ1n) is 9.76. The molecule has 2 heterocycles. The number of hydrogen-bond acceptors (Lipinski definition) is 9. The van der Waals surface area contributed by atoms with Crippen molar-refractivity contribution in [2.24, 2.45) is 24.4 Å². The fourth-order valence-corrected chi connectivity index (χ4v) is 4.84. The number of non-ortho nitro benzene ring substituents is 1. The molecule has 0 bridgehead atoms. The van der Waals surface area contributed by atoms with Crippen molar-refractivity contribution in [3.05, 3.63) is 56.1 Å². The molecule has 0 saturated heterocycles. The highest BCUT2D eigenvalue weighted by molar-refractivity contribution is 7.16. The average molecular weight is 477 g/mol. The van der Waals surface area contributed by atoms with Gasteiger partial charge in [0.1, 0.15) is 13.2 Å². The van der Waals surface area contributed by atoms with E-state index in [1.54, 1.807) is 23.5 Å². The van der Waals surface area contributed by atoms with E-state index in [0.29, 0.717) is 18.0 Å². The highest BCUT2D eigenvalue weighted by Crippen LogP contribution is 2.22. The molecule has 0 aliphatic rings. The van der Waals surface area contributed by atoms with Gasteiger partial charge in [-0.05, 0) is 38.1 Å². The molecule has 4 rings (SSSR count). The first kappa shape index (κ1) is 23.3. The summed E-state index contributed by atoms with van der Waals surface area (Å²) in [5.41, 5.74) is 8.60. The predicted octanol–water partition coefficient (Wildman–Crippen LogP) is 3.67. The Morgan fingerprint density at radius 2 is 1.44 bits per heavy atom.